The van der Waals surface area contributed by atoms with Gasteiger partial charge in [-0.3, -0.25) is 0 Å². The van der Waals surface area contributed by atoms with Gasteiger partial charge >= 0.3 is 5.97 Å². The molecule has 1 N–H and O–H groups in total. The summed E-state index contributed by atoms with van der Waals surface area (Å²) in [5.74, 6) is -1.07. The number of hydrogen-bond acceptors (Lipinski definition) is 5. The van der Waals surface area contributed by atoms with E-state index in [2.05, 4.69) is 15.5 Å². The minimum Gasteiger partial charge on any atom is -0.478 e. The van der Waals surface area contributed by atoms with Crippen molar-refractivity contribution in [3.05, 3.63) is 59.9 Å². The summed E-state index contributed by atoms with van der Waals surface area (Å²) in [4.78, 5) is 11.5. The van der Waals surface area contributed by atoms with Crippen LogP contribution in [0.2, 0.25) is 0 Å². The molecule has 1 heterocycles. The summed E-state index contributed by atoms with van der Waals surface area (Å²) < 4.78 is 1.30. The van der Waals surface area contributed by atoms with E-state index in [-0.39, 0.29) is 5.56 Å². The number of carboxylic acid groups (broad SMARTS) is 1. The highest BCUT2D eigenvalue weighted by Crippen LogP contribution is 2.24. The Morgan fingerprint density at radius 2 is 1.86 bits per heavy atom. The summed E-state index contributed by atoms with van der Waals surface area (Å²) in [6, 6.07) is 13.9. The van der Waals surface area contributed by atoms with E-state index in [9.17, 15) is 9.90 Å². The quantitative estimate of drug-likeness (QED) is 0.790. The lowest BCUT2D eigenvalue weighted by molar-refractivity contribution is 0.0697. The van der Waals surface area contributed by atoms with Gasteiger partial charge in [-0.1, -0.05) is 18.2 Å². The second-order valence-corrected chi connectivity index (χ2v) is 4.48. The first-order valence-corrected chi connectivity index (χ1v) is 6.30. The SMILES string of the molecule is N#Cc1ccc(-c2ccc(-n3cnnn3)c(C(=O)O)c2)cc1. The summed E-state index contributed by atoms with van der Waals surface area (Å²) in [6.07, 6.45) is 1.34. The molecule has 0 aliphatic rings. The highest BCUT2D eigenvalue weighted by atomic mass is 16.4. The van der Waals surface area contributed by atoms with Crippen LogP contribution in [0.3, 0.4) is 0 Å². The highest BCUT2D eigenvalue weighted by molar-refractivity contribution is 5.93. The van der Waals surface area contributed by atoms with Gasteiger partial charge in [-0.05, 0) is 45.8 Å². The average Bonchev–Trinajstić information content (AvgIpc) is 3.08. The zero-order valence-corrected chi connectivity index (χ0v) is 11.2. The van der Waals surface area contributed by atoms with Crippen molar-refractivity contribution < 1.29 is 9.90 Å². The van der Waals surface area contributed by atoms with Crippen LogP contribution in [0.15, 0.2) is 48.8 Å². The molecule has 0 saturated carbocycles. The summed E-state index contributed by atoms with van der Waals surface area (Å²) in [6.45, 7) is 0. The molecule has 0 radical (unpaired) electrons. The van der Waals surface area contributed by atoms with Crippen LogP contribution < -0.4 is 0 Å². The molecule has 0 bridgehead atoms. The first-order valence-electron chi connectivity index (χ1n) is 6.30. The van der Waals surface area contributed by atoms with E-state index in [4.69, 9.17) is 5.26 Å². The van der Waals surface area contributed by atoms with Gasteiger partial charge in [0.05, 0.1) is 22.9 Å². The Bertz CT molecular complexity index is 864. The van der Waals surface area contributed by atoms with E-state index >= 15 is 0 Å². The van der Waals surface area contributed by atoms with Gasteiger partial charge in [-0.25, -0.2) is 4.79 Å². The van der Waals surface area contributed by atoms with Crippen LogP contribution in [-0.4, -0.2) is 31.3 Å². The monoisotopic (exact) mass is 291 g/mol. The van der Waals surface area contributed by atoms with Gasteiger partial charge in [0.2, 0.25) is 0 Å². The molecule has 106 valence electrons. The van der Waals surface area contributed by atoms with Crippen molar-refractivity contribution in [1.82, 2.24) is 20.2 Å². The molecular weight excluding hydrogens is 282 g/mol. The van der Waals surface area contributed by atoms with Gasteiger partial charge in [-0.15, -0.1) is 5.10 Å². The number of nitrogens with zero attached hydrogens (tertiary/aromatic N) is 5. The van der Waals surface area contributed by atoms with Crippen LogP contribution in [0.4, 0.5) is 0 Å². The van der Waals surface area contributed by atoms with Crippen LogP contribution in [0, 0.1) is 11.3 Å². The fraction of sp³-hybridized carbons (Fsp3) is 0. The maximum atomic E-state index is 11.5. The van der Waals surface area contributed by atoms with E-state index in [1.165, 1.54) is 11.0 Å². The summed E-state index contributed by atoms with van der Waals surface area (Å²) in [5.41, 5.74) is 2.58. The normalized spacial score (nSPS) is 10.1. The number of aromatic nitrogens is 4. The van der Waals surface area contributed by atoms with Gasteiger partial charge in [0.25, 0.3) is 0 Å². The second-order valence-electron chi connectivity index (χ2n) is 4.48. The first-order chi connectivity index (χ1) is 10.7. The number of aromatic carboxylic acids is 1. The molecule has 0 unspecified atom stereocenters. The largest absolute Gasteiger partial charge is 0.478 e. The lowest BCUT2D eigenvalue weighted by Gasteiger charge is -2.08. The maximum Gasteiger partial charge on any atom is 0.337 e. The van der Waals surface area contributed by atoms with Gasteiger partial charge < -0.3 is 5.11 Å². The molecule has 0 spiro atoms. The molecule has 3 rings (SSSR count). The lowest BCUT2D eigenvalue weighted by Crippen LogP contribution is -2.06. The smallest absolute Gasteiger partial charge is 0.337 e. The molecule has 0 saturated heterocycles. The van der Waals surface area contributed by atoms with Gasteiger partial charge in [-0.2, -0.15) is 9.94 Å². The number of benzene rings is 2. The molecule has 1 aromatic heterocycles. The summed E-state index contributed by atoms with van der Waals surface area (Å²) in [7, 11) is 0. The van der Waals surface area contributed by atoms with Crippen molar-refractivity contribution in [2.75, 3.05) is 0 Å². The Hall–Kier alpha value is -3.53. The van der Waals surface area contributed by atoms with E-state index < -0.39 is 5.97 Å². The van der Waals surface area contributed by atoms with Crippen molar-refractivity contribution in [3.63, 3.8) is 0 Å². The van der Waals surface area contributed by atoms with Gasteiger partial charge in [0.1, 0.15) is 6.33 Å². The Morgan fingerprint density at radius 3 is 2.45 bits per heavy atom. The highest BCUT2D eigenvalue weighted by Gasteiger charge is 2.14. The third-order valence-corrected chi connectivity index (χ3v) is 3.17. The summed E-state index contributed by atoms with van der Waals surface area (Å²) >= 11 is 0. The fourth-order valence-electron chi connectivity index (χ4n) is 2.10. The average molecular weight is 291 g/mol. The Labute approximate surface area is 125 Å². The molecule has 0 aliphatic carbocycles. The Morgan fingerprint density at radius 1 is 1.14 bits per heavy atom. The number of carbonyl (C=O) groups is 1. The van der Waals surface area contributed by atoms with E-state index in [1.807, 2.05) is 6.07 Å². The Kier molecular flexibility index (Phi) is 3.34. The number of carboxylic acids is 1. The van der Waals surface area contributed by atoms with Gasteiger partial charge in [0, 0.05) is 0 Å². The Balaban J connectivity index is 2.09. The maximum absolute atomic E-state index is 11.5. The number of tetrazole rings is 1. The molecule has 0 atom stereocenters. The molecular formula is C15H9N5O2. The van der Waals surface area contributed by atoms with Crippen molar-refractivity contribution in [3.8, 4) is 22.9 Å². The first kappa shape index (κ1) is 13.5. The van der Waals surface area contributed by atoms with E-state index in [1.54, 1.807) is 42.5 Å². The molecule has 7 nitrogen and oxygen atoms in total. The zero-order chi connectivity index (χ0) is 15.5. The molecule has 0 amide bonds. The minimum absolute atomic E-state index is 0.0918. The predicted octanol–water partition coefficient (Wildman–Crippen LogP) is 1.90. The summed E-state index contributed by atoms with van der Waals surface area (Å²) in [5, 5.41) is 28.9. The van der Waals surface area contributed by atoms with Gasteiger partial charge in [0.15, 0.2) is 0 Å². The van der Waals surface area contributed by atoms with Crippen LogP contribution in [0.1, 0.15) is 15.9 Å². The molecule has 2 aromatic carbocycles. The standard InChI is InChI=1S/C15H9N5O2/c16-8-10-1-3-11(4-2-10)12-5-6-14(13(7-12)15(21)22)20-9-17-18-19-20/h1-7,9H,(H,21,22). The number of nitriles is 1. The predicted molar refractivity (Wildman–Crippen MR) is 76.3 cm³/mol. The molecule has 0 aliphatic heterocycles. The van der Waals surface area contributed by atoms with Crippen molar-refractivity contribution in [2.45, 2.75) is 0 Å². The second kappa shape index (κ2) is 5.46. The fourth-order valence-corrected chi connectivity index (χ4v) is 2.10. The number of rotatable bonds is 3. The van der Waals surface area contributed by atoms with E-state index in [0.717, 1.165) is 11.1 Å². The van der Waals surface area contributed by atoms with E-state index in [0.29, 0.717) is 11.3 Å². The number of hydrogen-bond donors (Lipinski definition) is 1. The lowest BCUT2D eigenvalue weighted by atomic mass is 10.0. The third kappa shape index (κ3) is 2.41. The molecule has 0 fully saturated rings. The molecule has 22 heavy (non-hydrogen) atoms. The van der Waals surface area contributed by atoms with Crippen molar-refractivity contribution in [2.24, 2.45) is 0 Å². The van der Waals surface area contributed by atoms with Crippen LogP contribution in [0.5, 0.6) is 0 Å². The topological polar surface area (TPSA) is 105 Å². The molecule has 3 aromatic rings. The zero-order valence-electron chi connectivity index (χ0n) is 11.2. The minimum atomic E-state index is -1.07. The van der Waals surface area contributed by atoms with Crippen molar-refractivity contribution in [1.29, 1.82) is 5.26 Å². The third-order valence-electron chi connectivity index (χ3n) is 3.17. The van der Waals surface area contributed by atoms with Crippen LogP contribution >= 0.6 is 0 Å². The van der Waals surface area contributed by atoms with Crippen molar-refractivity contribution >= 4 is 5.97 Å². The van der Waals surface area contributed by atoms with Crippen LogP contribution in [0.25, 0.3) is 16.8 Å². The van der Waals surface area contributed by atoms with Crippen LogP contribution in [-0.2, 0) is 0 Å². The molecule has 7 heteroatoms.